The van der Waals surface area contributed by atoms with E-state index >= 15 is 0 Å². The molecule has 0 aliphatic rings. The van der Waals surface area contributed by atoms with Crippen LogP contribution in [0.1, 0.15) is 25.6 Å². The highest BCUT2D eigenvalue weighted by Crippen LogP contribution is 2.18. The molecule has 25 heavy (non-hydrogen) atoms. The lowest BCUT2D eigenvalue weighted by Crippen LogP contribution is -2.26. The molecule has 1 N–H and O–H groups in total. The first-order valence-corrected chi connectivity index (χ1v) is 8.72. The van der Waals surface area contributed by atoms with Gasteiger partial charge in [-0.2, -0.15) is 0 Å². The Labute approximate surface area is 150 Å². The lowest BCUT2D eigenvalue weighted by Gasteiger charge is -2.18. The van der Waals surface area contributed by atoms with Gasteiger partial charge in [-0.25, -0.2) is 0 Å². The zero-order valence-corrected chi connectivity index (χ0v) is 14.8. The van der Waals surface area contributed by atoms with Crippen molar-refractivity contribution in [1.82, 2.24) is 0 Å². The highest BCUT2D eigenvalue weighted by atomic mass is 32.1. The number of hydrogen-bond acceptors (Lipinski definition) is 3. The molecule has 1 aromatic heterocycles. The van der Waals surface area contributed by atoms with Crippen molar-refractivity contribution in [3.05, 3.63) is 82.0 Å². The minimum atomic E-state index is -0.147. The Bertz CT molecular complexity index is 869. The van der Waals surface area contributed by atoms with E-state index in [-0.39, 0.29) is 11.8 Å². The monoisotopic (exact) mass is 350 g/mol. The number of carbonyl (C=O) groups is 2. The Morgan fingerprint density at radius 1 is 0.960 bits per heavy atom. The van der Waals surface area contributed by atoms with E-state index < -0.39 is 0 Å². The summed E-state index contributed by atoms with van der Waals surface area (Å²) < 4.78 is 0. The topological polar surface area (TPSA) is 49.4 Å². The fourth-order valence-corrected chi connectivity index (χ4v) is 2.99. The van der Waals surface area contributed by atoms with Gasteiger partial charge >= 0.3 is 0 Å². The standard InChI is InChI=1S/C20H18N2O2S/c1-14-5-11-17(12-6-14)22(2)20(24)15-7-9-16(10-8-15)21-19(23)18-4-3-13-25-18/h3-13H,1-2H3,(H,21,23). The molecule has 0 saturated heterocycles. The van der Waals surface area contributed by atoms with Gasteiger partial charge in [-0.1, -0.05) is 23.8 Å². The zero-order chi connectivity index (χ0) is 17.8. The van der Waals surface area contributed by atoms with Crippen molar-refractivity contribution in [3.8, 4) is 0 Å². The average Bonchev–Trinajstić information content (AvgIpc) is 3.17. The highest BCUT2D eigenvalue weighted by molar-refractivity contribution is 7.12. The number of carbonyl (C=O) groups excluding carboxylic acids is 2. The molecule has 2 amide bonds. The quantitative estimate of drug-likeness (QED) is 0.748. The van der Waals surface area contributed by atoms with Crippen LogP contribution in [0.5, 0.6) is 0 Å². The Kier molecular flexibility index (Phi) is 4.95. The van der Waals surface area contributed by atoms with E-state index in [1.165, 1.54) is 11.3 Å². The summed E-state index contributed by atoms with van der Waals surface area (Å²) in [6.45, 7) is 2.01. The van der Waals surface area contributed by atoms with Crippen LogP contribution in [-0.2, 0) is 0 Å². The van der Waals surface area contributed by atoms with Gasteiger partial charge < -0.3 is 10.2 Å². The molecule has 5 heteroatoms. The van der Waals surface area contributed by atoms with Crippen molar-refractivity contribution in [2.24, 2.45) is 0 Å². The summed E-state index contributed by atoms with van der Waals surface area (Å²) in [5.41, 5.74) is 3.21. The second kappa shape index (κ2) is 7.32. The third-order valence-electron chi connectivity index (χ3n) is 3.86. The molecule has 0 bridgehead atoms. The summed E-state index contributed by atoms with van der Waals surface area (Å²) in [7, 11) is 1.75. The highest BCUT2D eigenvalue weighted by Gasteiger charge is 2.14. The first-order chi connectivity index (χ1) is 12.0. The Balaban J connectivity index is 1.70. The minimum Gasteiger partial charge on any atom is -0.321 e. The first kappa shape index (κ1) is 16.9. The van der Waals surface area contributed by atoms with Crippen molar-refractivity contribution >= 4 is 34.5 Å². The van der Waals surface area contributed by atoms with Crippen LogP contribution < -0.4 is 10.2 Å². The predicted molar refractivity (Wildman–Crippen MR) is 103 cm³/mol. The maximum atomic E-state index is 12.6. The maximum Gasteiger partial charge on any atom is 0.265 e. The fourth-order valence-electron chi connectivity index (χ4n) is 2.38. The van der Waals surface area contributed by atoms with Crippen molar-refractivity contribution < 1.29 is 9.59 Å². The summed E-state index contributed by atoms with van der Waals surface area (Å²) in [5.74, 6) is -0.245. The van der Waals surface area contributed by atoms with Gasteiger partial charge in [0, 0.05) is 24.0 Å². The molecule has 4 nitrogen and oxygen atoms in total. The van der Waals surface area contributed by atoms with Crippen LogP contribution in [0.3, 0.4) is 0 Å². The second-order valence-electron chi connectivity index (χ2n) is 5.71. The van der Waals surface area contributed by atoms with Crippen LogP contribution in [0.2, 0.25) is 0 Å². The Hall–Kier alpha value is -2.92. The summed E-state index contributed by atoms with van der Waals surface area (Å²) in [5, 5.41) is 4.68. The van der Waals surface area contributed by atoms with Crippen LogP contribution in [0, 0.1) is 6.92 Å². The molecule has 3 rings (SSSR count). The Morgan fingerprint density at radius 3 is 2.24 bits per heavy atom. The predicted octanol–water partition coefficient (Wildman–Crippen LogP) is 4.59. The number of thiophene rings is 1. The van der Waals surface area contributed by atoms with Gasteiger partial charge in [0.2, 0.25) is 0 Å². The van der Waals surface area contributed by atoms with Gasteiger partial charge in [-0.15, -0.1) is 11.3 Å². The van der Waals surface area contributed by atoms with E-state index in [0.717, 1.165) is 11.3 Å². The van der Waals surface area contributed by atoms with Gasteiger partial charge in [0.1, 0.15) is 0 Å². The van der Waals surface area contributed by atoms with Gasteiger partial charge in [0.15, 0.2) is 0 Å². The fraction of sp³-hybridized carbons (Fsp3) is 0.100. The van der Waals surface area contributed by atoms with E-state index in [9.17, 15) is 9.59 Å². The number of aryl methyl sites for hydroxylation is 1. The molecular weight excluding hydrogens is 332 g/mol. The van der Waals surface area contributed by atoms with Gasteiger partial charge in [-0.05, 0) is 54.8 Å². The molecule has 0 unspecified atom stereocenters. The second-order valence-corrected chi connectivity index (χ2v) is 6.66. The molecule has 0 saturated carbocycles. The number of hydrogen-bond donors (Lipinski definition) is 1. The van der Waals surface area contributed by atoms with Gasteiger partial charge in [0.25, 0.3) is 11.8 Å². The van der Waals surface area contributed by atoms with Crippen LogP contribution in [0.4, 0.5) is 11.4 Å². The van der Waals surface area contributed by atoms with E-state index in [4.69, 9.17) is 0 Å². The molecule has 3 aromatic rings. The van der Waals surface area contributed by atoms with Crippen LogP contribution in [0.25, 0.3) is 0 Å². The van der Waals surface area contributed by atoms with E-state index in [0.29, 0.717) is 16.1 Å². The average molecular weight is 350 g/mol. The van der Waals surface area contributed by atoms with Crippen molar-refractivity contribution in [2.45, 2.75) is 6.92 Å². The molecule has 126 valence electrons. The van der Waals surface area contributed by atoms with Gasteiger partial charge in [0.05, 0.1) is 4.88 Å². The van der Waals surface area contributed by atoms with Crippen LogP contribution >= 0.6 is 11.3 Å². The maximum absolute atomic E-state index is 12.6. The van der Waals surface area contributed by atoms with Crippen molar-refractivity contribution in [1.29, 1.82) is 0 Å². The molecule has 0 spiro atoms. The summed E-state index contributed by atoms with van der Waals surface area (Å²) >= 11 is 1.39. The third-order valence-corrected chi connectivity index (χ3v) is 4.73. The largest absolute Gasteiger partial charge is 0.321 e. The van der Waals surface area contributed by atoms with E-state index in [1.807, 2.05) is 42.6 Å². The number of anilines is 2. The van der Waals surface area contributed by atoms with Crippen LogP contribution in [0.15, 0.2) is 66.0 Å². The van der Waals surface area contributed by atoms with Gasteiger partial charge in [-0.3, -0.25) is 9.59 Å². The number of benzene rings is 2. The molecule has 0 atom stereocenters. The third kappa shape index (κ3) is 3.95. The normalized spacial score (nSPS) is 10.3. The Morgan fingerprint density at radius 2 is 1.64 bits per heavy atom. The molecule has 0 aliphatic heterocycles. The summed E-state index contributed by atoms with van der Waals surface area (Å²) in [4.78, 5) is 26.9. The van der Waals surface area contributed by atoms with E-state index in [2.05, 4.69) is 5.32 Å². The summed E-state index contributed by atoms with van der Waals surface area (Å²) in [6.07, 6.45) is 0. The number of amides is 2. The first-order valence-electron chi connectivity index (χ1n) is 7.84. The lowest BCUT2D eigenvalue weighted by molar-refractivity contribution is 0.0991. The number of nitrogens with zero attached hydrogens (tertiary/aromatic N) is 1. The lowest BCUT2D eigenvalue weighted by atomic mass is 10.1. The molecule has 0 radical (unpaired) electrons. The molecule has 0 fully saturated rings. The van der Waals surface area contributed by atoms with Crippen molar-refractivity contribution in [3.63, 3.8) is 0 Å². The molecule has 1 heterocycles. The summed E-state index contributed by atoms with van der Waals surface area (Å²) in [6, 6.07) is 18.3. The molecule has 2 aromatic carbocycles. The SMILES string of the molecule is Cc1ccc(N(C)C(=O)c2ccc(NC(=O)c3cccs3)cc2)cc1. The van der Waals surface area contributed by atoms with E-state index in [1.54, 1.807) is 42.3 Å². The number of nitrogens with one attached hydrogen (secondary N) is 1. The van der Waals surface area contributed by atoms with Crippen molar-refractivity contribution in [2.75, 3.05) is 17.3 Å². The van der Waals surface area contributed by atoms with Crippen LogP contribution in [-0.4, -0.2) is 18.9 Å². The smallest absolute Gasteiger partial charge is 0.265 e. The molecule has 0 aliphatic carbocycles. The molecular formula is C20H18N2O2S. The minimum absolute atomic E-state index is 0.0972. The number of rotatable bonds is 4. The zero-order valence-electron chi connectivity index (χ0n) is 14.0.